The van der Waals surface area contributed by atoms with E-state index in [2.05, 4.69) is 4.98 Å². The SMILES string of the molecule is CCOC(=O)C[C@H](N)c1nc2ccccc2n1C. The van der Waals surface area contributed by atoms with Crippen molar-refractivity contribution in [3.8, 4) is 0 Å². The summed E-state index contributed by atoms with van der Waals surface area (Å²) >= 11 is 0. The minimum Gasteiger partial charge on any atom is -0.466 e. The molecule has 0 saturated heterocycles. The van der Waals surface area contributed by atoms with Crippen molar-refractivity contribution in [1.82, 2.24) is 9.55 Å². The second-order valence-corrected chi connectivity index (χ2v) is 4.13. The fourth-order valence-electron chi connectivity index (χ4n) is 1.99. The summed E-state index contributed by atoms with van der Waals surface area (Å²) < 4.78 is 6.81. The number of para-hydroxylation sites is 2. The highest BCUT2D eigenvalue weighted by Gasteiger charge is 2.18. The number of benzene rings is 1. The molecule has 0 aliphatic heterocycles. The maximum absolute atomic E-state index is 11.4. The maximum Gasteiger partial charge on any atom is 0.307 e. The average Bonchev–Trinajstić information content (AvgIpc) is 2.68. The van der Waals surface area contributed by atoms with Crippen LogP contribution in [0.2, 0.25) is 0 Å². The topological polar surface area (TPSA) is 70.1 Å². The molecule has 0 aliphatic carbocycles. The van der Waals surface area contributed by atoms with Gasteiger partial charge in [0.15, 0.2) is 0 Å². The van der Waals surface area contributed by atoms with E-state index in [4.69, 9.17) is 10.5 Å². The fraction of sp³-hybridized carbons (Fsp3) is 0.385. The van der Waals surface area contributed by atoms with Gasteiger partial charge in [-0.3, -0.25) is 4.79 Å². The van der Waals surface area contributed by atoms with Gasteiger partial charge in [-0.15, -0.1) is 0 Å². The van der Waals surface area contributed by atoms with Gasteiger partial charge in [0.05, 0.1) is 30.1 Å². The lowest BCUT2D eigenvalue weighted by molar-refractivity contribution is -0.143. The Hall–Kier alpha value is -1.88. The number of carbonyl (C=O) groups is 1. The second-order valence-electron chi connectivity index (χ2n) is 4.13. The van der Waals surface area contributed by atoms with Crippen LogP contribution in [0.5, 0.6) is 0 Å². The van der Waals surface area contributed by atoms with Gasteiger partial charge in [-0.25, -0.2) is 4.98 Å². The third-order valence-electron chi connectivity index (χ3n) is 2.85. The van der Waals surface area contributed by atoms with Crippen LogP contribution in [-0.4, -0.2) is 22.1 Å². The van der Waals surface area contributed by atoms with Crippen LogP contribution in [0.3, 0.4) is 0 Å². The monoisotopic (exact) mass is 247 g/mol. The number of hydrogen-bond acceptors (Lipinski definition) is 4. The second kappa shape index (κ2) is 5.18. The van der Waals surface area contributed by atoms with Crippen molar-refractivity contribution in [2.24, 2.45) is 12.8 Å². The zero-order valence-corrected chi connectivity index (χ0v) is 10.6. The summed E-state index contributed by atoms with van der Waals surface area (Å²) in [5, 5.41) is 0. The number of fused-ring (bicyclic) bond motifs is 1. The molecule has 1 heterocycles. The van der Waals surface area contributed by atoms with E-state index in [9.17, 15) is 4.79 Å². The Labute approximate surface area is 106 Å². The number of aromatic nitrogens is 2. The molecule has 2 aromatic rings. The lowest BCUT2D eigenvalue weighted by Gasteiger charge is -2.10. The van der Waals surface area contributed by atoms with Crippen molar-refractivity contribution in [2.75, 3.05) is 6.61 Å². The number of rotatable bonds is 4. The van der Waals surface area contributed by atoms with Crippen LogP contribution in [0.4, 0.5) is 0 Å². The van der Waals surface area contributed by atoms with E-state index in [1.54, 1.807) is 6.92 Å². The van der Waals surface area contributed by atoms with Crippen LogP contribution in [0.15, 0.2) is 24.3 Å². The van der Waals surface area contributed by atoms with Crippen LogP contribution in [-0.2, 0) is 16.6 Å². The molecule has 0 bridgehead atoms. The van der Waals surface area contributed by atoms with Gasteiger partial charge >= 0.3 is 5.97 Å². The Morgan fingerprint density at radius 3 is 2.89 bits per heavy atom. The Balaban J connectivity index is 2.25. The molecule has 0 radical (unpaired) electrons. The average molecular weight is 247 g/mol. The molecule has 0 spiro atoms. The molecule has 0 saturated carbocycles. The van der Waals surface area contributed by atoms with Gasteiger partial charge in [-0.2, -0.15) is 0 Å². The summed E-state index contributed by atoms with van der Waals surface area (Å²) in [5.41, 5.74) is 7.90. The third kappa shape index (κ3) is 2.36. The molecule has 1 atom stereocenters. The number of imidazole rings is 1. The smallest absolute Gasteiger partial charge is 0.307 e. The molecule has 0 amide bonds. The first-order valence-electron chi connectivity index (χ1n) is 5.96. The van der Waals surface area contributed by atoms with Crippen molar-refractivity contribution in [3.63, 3.8) is 0 Å². The van der Waals surface area contributed by atoms with Crippen molar-refractivity contribution in [1.29, 1.82) is 0 Å². The first kappa shape index (κ1) is 12.6. The van der Waals surface area contributed by atoms with E-state index >= 15 is 0 Å². The van der Waals surface area contributed by atoms with E-state index in [1.807, 2.05) is 35.9 Å². The molecule has 5 heteroatoms. The molecule has 0 aliphatic rings. The Bertz CT molecular complexity index is 562. The fourth-order valence-corrected chi connectivity index (χ4v) is 1.99. The van der Waals surface area contributed by atoms with Crippen LogP contribution < -0.4 is 5.73 Å². The zero-order valence-electron chi connectivity index (χ0n) is 10.6. The van der Waals surface area contributed by atoms with E-state index in [0.717, 1.165) is 11.0 Å². The van der Waals surface area contributed by atoms with Crippen molar-refractivity contribution in [2.45, 2.75) is 19.4 Å². The van der Waals surface area contributed by atoms with Crippen LogP contribution in [0.1, 0.15) is 25.2 Å². The molecule has 0 unspecified atom stereocenters. The molecule has 1 aromatic carbocycles. The minimum absolute atomic E-state index is 0.144. The summed E-state index contributed by atoms with van der Waals surface area (Å²) in [6, 6.07) is 7.33. The number of ether oxygens (including phenoxy) is 1. The lowest BCUT2D eigenvalue weighted by Crippen LogP contribution is -2.20. The summed E-state index contributed by atoms with van der Waals surface area (Å²) in [6.45, 7) is 2.15. The number of nitrogens with zero attached hydrogens (tertiary/aromatic N) is 2. The van der Waals surface area contributed by atoms with E-state index in [-0.39, 0.29) is 12.4 Å². The van der Waals surface area contributed by atoms with E-state index in [0.29, 0.717) is 12.4 Å². The van der Waals surface area contributed by atoms with Gasteiger partial charge in [0.25, 0.3) is 0 Å². The highest BCUT2D eigenvalue weighted by Crippen LogP contribution is 2.20. The van der Waals surface area contributed by atoms with Gasteiger partial charge in [-0.1, -0.05) is 12.1 Å². The number of esters is 1. The van der Waals surface area contributed by atoms with Crippen LogP contribution in [0.25, 0.3) is 11.0 Å². The Morgan fingerprint density at radius 1 is 1.50 bits per heavy atom. The Morgan fingerprint density at radius 2 is 2.22 bits per heavy atom. The molecule has 0 fully saturated rings. The zero-order chi connectivity index (χ0) is 13.1. The first-order valence-corrected chi connectivity index (χ1v) is 5.96. The maximum atomic E-state index is 11.4. The highest BCUT2D eigenvalue weighted by atomic mass is 16.5. The third-order valence-corrected chi connectivity index (χ3v) is 2.85. The summed E-state index contributed by atoms with van der Waals surface area (Å²) in [7, 11) is 1.90. The van der Waals surface area contributed by atoms with Crippen molar-refractivity contribution in [3.05, 3.63) is 30.1 Å². The molecular weight excluding hydrogens is 230 g/mol. The number of carbonyl (C=O) groups excluding carboxylic acids is 1. The highest BCUT2D eigenvalue weighted by molar-refractivity contribution is 5.76. The van der Waals surface area contributed by atoms with Gasteiger partial charge < -0.3 is 15.0 Å². The van der Waals surface area contributed by atoms with Gasteiger partial charge in [0, 0.05) is 7.05 Å². The molecular formula is C13H17N3O2. The van der Waals surface area contributed by atoms with E-state index in [1.165, 1.54) is 0 Å². The van der Waals surface area contributed by atoms with Crippen LogP contribution >= 0.6 is 0 Å². The molecule has 2 N–H and O–H groups in total. The van der Waals surface area contributed by atoms with E-state index < -0.39 is 6.04 Å². The largest absolute Gasteiger partial charge is 0.466 e. The summed E-state index contributed by atoms with van der Waals surface area (Å²) in [5.74, 6) is 0.404. The predicted octanol–water partition coefficient (Wildman–Crippen LogP) is 1.53. The van der Waals surface area contributed by atoms with Gasteiger partial charge in [0.2, 0.25) is 0 Å². The molecule has 2 rings (SSSR count). The first-order chi connectivity index (χ1) is 8.63. The number of nitrogens with two attached hydrogens (primary N) is 1. The molecule has 1 aromatic heterocycles. The van der Waals surface area contributed by atoms with Crippen molar-refractivity contribution < 1.29 is 9.53 Å². The lowest BCUT2D eigenvalue weighted by atomic mass is 10.2. The molecule has 18 heavy (non-hydrogen) atoms. The molecule has 5 nitrogen and oxygen atoms in total. The number of aryl methyl sites for hydroxylation is 1. The number of hydrogen-bond donors (Lipinski definition) is 1. The van der Waals surface area contributed by atoms with Crippen molar-refractivity contribution >= 4 is 17.0 Å². The standard InChI is InChI=1S/C13H17N3O2/c1-3-18-12(17)8-9(14)13-15-10-6-4-5-7-11(10)16(13)2/h4-7,9H,3,8,14H2,1-2H3/t9-/m0/s1. The predicted molar refractivity (Wildman–Crippen MR) is 68.9 cm³/mol. The van der Waals surface area contributed by atoms with Gasteiger partial charge in [-0.05, 0) is 19.1 Å². The Kier molecular flexibility index (Phi) is 3.62. The molecule has 96 valence electrons. The summed E-state index contributed by atoms with van der Waals surface area (Å²) in [6.07, 6.45) is 0.144. The summed E-state index contributed by atoms with van der Waals surface area (Å²) in [4.78, 5) is 15.9. The minimum atomic E-state index is -0.443. The quantitative estimate of drug-likeness (QED) is 0.832. The normalized spacial score (nSPS) is 12.6. The van der Waals surface area contributed by atoms with Crippen LogP contribution in [0, 0.1) is 0 Å². The van der Waals surface area contributed by atoms with Gasteiger partial charge in [0.1, 0.15) is 5.82 Å².